The minimum absolute atomic E-state index is 0.0521. The SMILES string of the molecule is CC(C)(C)CNC(=O)C(CN)Cc1ccccc1. The van der Waals surface area contributed by atoms with Crippen LogP contribution in [0.4, 0.5) is 0 Å². The van der Waals surface area contributed by atoms with Crippen LogP contribution in [0.15, 0.2) is 30.3 Å². The standard InChI is InChI=1S/C15H24N2O/c1-15(2,3)11-17-14(18)13(10-16)9-12-7-5-4-6-8-12/h4-8,13H,9-11,16H2,1-3H3,(H,17,18). The summed E-state index contributed by atoms with van der Waals surface area (Å²) in [7, 11) is 0. The van der Waals surface area contributed by atoms with E-state index in [1.54, 1.807) is 0 Å². The zero-order chi connectivity index (χ0) is 13.6. The fourth-order valence-electron chi connectivity index (χ4n) is 1.68. The van der Waals surface area contributed by atoms with Crippen LogP contribution in [0.2, 0.25) is 0 Å². The van der Waals surface area contributed by atoms with Crippen LogP contribution in [0.25, 0.3) is 0 Å². The van der Waals surface area contributed by atoms with Gasteiger partial charge in [0.05, 0.1) is 5.92 Å². The smallest absolute Gasteiger partial charge is 0.224 e. The van der Waals surface area contributed by atoms with Gasteiger partial charge >= 0.3 is 0 Å². The van der Waals surface area contributed by atoms with E-state index in [0.29, 0.717) is 19.5 Å². The third kappa shape index (κ3) is 5.32. The number of amides is 1. The summed E-state index contributed by atoms with van der Waals surface area (Å²) in [6.07, 6.45) is 0.702. The van der Waals surface area contributed by atoms with E-state index in [1.165, 1.54) is 0 Å². The third-order valence-corrected chi connectivity index (χ3v) is 2.77. The number of carbonyl (C=O) groups excluding carboxylic acids is 1. The van der Waals surface area contributed by atoms with E-state index in [1.807, 2.05) is 30.3 Å². The minimum atomic E-state index is -0.144. The second-order valence-corrected chi connectivity index (χ2v) is 5.90. The summed E-state index contributed by atoms with van der Waals surface area (Å²) in [5, 5.41) is 2.97. The Labute approximate surface area is 110 Å². The Morgan fingerprint density at radius 1 is 1.28 bits per heavy atom. The van der Waals surface area contributed by atoms with Crippen LogP contribution >= 0.6 is 0 Å². The molecule has 0 saturated heterocycles. The average molecular weight is 248 g/mol. The molecule has 18 heavy (non-hydrogen) atoms. The van der Waals surface area contributed by atoms with Crippen molar-refractivity contribution in [2.45, 2.75) is 27.2 Å². The lowest BCUT2D eigenvalue weighted by molar-refractivity contribution is -0.125. The molecule has 0 heterocycles. The summed E-state index contributed by atoms with van der Waals surface area (Å²) in [4.78, 5) is 12.0. The first-order valence-corrected chi connectivity index (χ1v) is 6.44. The van der Waals surface area contributed by atoms with Gasteiger partial charge in [0.25, 0.3) is 0 Å². The second-order valence-electron chi connectivity index (χ2n) is 5.90. The Hall–Kier alpha value is -1.35. The van der Waals surface area contributed by atoms with Crippen molar-refractivity contribution in [1.82, 2.24) is 5.32 Å². The van der Waals surface area contributed by atoms with Crippen molar-refractivity contribution in [3.8, 4) is 0 Å². The molecule has 0 spiro atoms. The normalized spacial score (nSPS) is 13.1. The zero-order valence-corrected chi connectivity index (χ0v) is 11.6. The molecule has 3 heteroatoms. The molecule has 0 bridgehead atoms. The molecule has 100 valence electrons. The Morgan fingerprint density at radius 3 is 2.39 bits per heavy atom. The van der Waals surface area contributed by atoms with Crippen LogP contribution in [0.5, 0.6) is 0 Å². The highest BCUT2D eigenvalue weighted by molar-refractivity contribution is 5.79. The Balaban J connectivity index is 2.53. The third-order valence-electron chi connectivity index (χ3n) is 2.77. The minimum Gasteiger partial charge on any atom is -0.355 e. The lowest BCUT2D eigenvalue weighted by Gasteiger charge is -2.21. The maximum Gasteiger partial charge on any atom is 0.224 e. The molecule has 1 atom stereocenters. The summed E-state index contributed by atoms with van der Waals surface area (Å²) in [6, 6.07) is 9.99. The van der Waals surface area contributed by atoms with Gasteiger partial charge in [-0.1, -0.05) is 51.1 Å². The van der Waals surface area contributed by atoms with E-state index in [9.17, 15) is 4.79 Å². The molecule has 0 aromatic heterocycles. The van der Waals surface area contributed by atoms with Crippen molar-refractivity contribution in [2.75, 3.05) is 13.1 Å². The zero-order valence-electron chi connectivity index (χ0n) is 11.6. The highest BCUT2D eigenvalue weighted by Crippen LogP contribution is 2.12. The van der Waals surface area contributed by atoms with Crippen molar-refractivity contribution in [2.24, 2.45) is 17.1 Å². The van der Waals surface area contributed by atoms with Gasteiger partial charge in [0.2, 0.25) is 5.91 Å². The quantitative estimate of drug-likeness (QED) is 0.837. The van der Waals surface area contributed by atoms with Crippen LogP contribution in [-0.2, 0) is 11.2 Å². The van der Waals surface area contributed by atoms with E-state index < -0.39 is 0 Å². The molecule has 0 radical (unpaired) electrons. The van der Waals surface area contributed by atoms with Crippen molar-refractivity contribution >= 4 is 5.91 Å². The fraction of sp³-hybridized carbons (Fsp3) is 0.533. The van der Waals surface area contributed by atoms with E-state index in [4.69, 9.17) is 5.73 Å². The average Bonchev–Trinajstić information content (AvgIpc) is 2.33. The molecule has 1 rings (SSSR count). The molecule has 0 aliphatic carbocycles. The van der Waals surface area contributed by atoms with Gasteiger partial charge < -0.3 is 11.1 Å². The maximum absolute atomic E-state index is 12.0. The highest BCUT2D eigenvalue weighted by atomic mass is 16.1. The first-order valence-electron chi connectivity index (χ1n) is 6.44. The number of nitrogens with one attached hydrogen (secondary N) is 1. The van der Waals surface area contributed by atoms with E-state index in [-0.39, 0.29) is 17.2 Å². The summed E-state index contributed by atoms with van der Waals surface area (Å²) in [5.74, 6) is -0.0916. The van der Waals surface area contributed by atoms with Gasteiger partial charge in [-0.3, -0.25) is 4.79 Å². The lowest BCUT2D eigenvalue weighted by atomic mass is 9.95. The molecule has 3 N–H and O–H groups in total. The molecule has 3 nitrogen and oxygen atoms in total. The molecular weight excluding hydrogens is 224 g/mol. The predicted molar refractivity (Wildman–Crippen MR) is 75.2 cm³/mol. The first kappa shape index (κ1) is 14.7. The lowest BCUT2D eigenvalue weighted by Crippen LogP contribution is -2.40. The molecule has 1 aromatic carbocycles. The molecule has 1 aromatic rings. The maximum atomic E-state index is 12.0. The van der Waals surface area contributed by atoms with Crippen LogP contribution in [0.3, 0.4) is 0 Å². The van der Waals surface area contributed by atoms with Crippen molar-refractivity contribution in [3.63, 3.8) is 0 Å². The monoisotopic (exact) mass is 248 g/mol. The number of hydrogen-bond acceptors (Lipinski definition) is 2. The van der Waals surface area contributed by atoms with Crippen LogP contribution in [-0.4, -0.2) is 19.0 Å². The molecule has 0 saturated carbocycles. The van der Waals surface area contributed by atoms with Crippen molar-refractivity contribution in [3.05, 3.63) is 35.9 Å². The van der Waals surface area contributed by atoms with E-state index in [0.717, 1.165) is 5.56 Å². The number of hydrogen-bond donors (Lipinski definition) is 2. The van der Waals surface area contributed by atoms with Gasteiger partial charge in [-0.15, -0.1) is 0 Å². The van der Waals surface area contributed by atoms with Crippen LogP contribution in [0.1, 0.15) is 26.3 Å². The number of rotatable bonds is 5. The number of carbonyl (C=O) groups is 1. The number of benzene rings is 1. The van der Waals surface area contributed by atoms with Crippen molar-refractivity contribution in [1.29, 1.82) is 0 Å². The number of nitrogens with two attached hydrogens (primary N) is 1. The van der Waals surface area contributed by atoms with E-state index >= 15 is 0 Å². The van der Waals surface area contributed by atoms with Gasteiger partial charge in [-0.05, 0) is 17.4 Å². The predicted octanol–water partition coefficient (Wildman–Crippen LogP) is 1.97. The largest absolute Gasteiger partial charge is 0.355 e. The van der Waals surface area contributed by atoms with Gasteiger partial charge in [0, 0.05) is 13.1 Å². The summed E-state index contributed by atoms with van der Waals surface area (Å²) < 4.78 is 0. The first-order chi connectivity index (χ1) is 8.42. The fourth-order valence-corrected chi connectivity index (χ4v) is 1.68. The van der Waals surface area contributed by atoms with Gasteiger partial charge in [0.1, 0.15) is 0 Å². The summed E-state index contributed by atoms with van der Waals surface area (Å²) >= 11 is 0. The molecule has 1 unspecified atom stereocenters. The van der Waals surface area contributed by atoms with Gasteiger partial charge in [0.15, 0.2) is 0 Å². The van der Waals surface area contributed by atoms with Crippen molar-refractivity contribution < 1.29 is 4.79 Å². The molecular formula is C15H24N2O. The molecule has 0 fully saturated rings. The summed E-state index contributed by atoms with van der Waals surface area (Å²) in [6.45, 7) is 7.35. The van der Waals surface area contributed by atoms with Crippen LogP contribution in [0, 0.1) is 11.3 Å². The highest BCUT2D eigenvalue weighted by Gasteiger charge is 2.19. The topological polar surface area (TPSA) is 55.1 Å². The Bertz CT molecular complexity index is 368. The van der Waals surface area contributed by atoms with E-state index in [2.05, 4.69) is 26.1 Å². The second kappa shape index (κ2) is 6.55. The van der Waals surface area contributed by atoms with Crippen LogP contribution < -0.4 is 11.1 Å². The summed E-state index contributed by atoms with van der Waals surface area (Å²) in [5.41, 5.74) is 6.95. The molecule has 0 aliphatic rings. The van der Waals surface area contributed by atoms with Gasteiger partial charge in [-0.2, -0.15) is 0 Å². The Morgan fingerprint density at radius 2 is 1.89 bits per heavy atom. The molecule has 1 amide bonds. The Kier molecular flexibility index (Phi) is 5.35. The molecule has 0 aliphatic heterocycles. The van der Waals surface area contributed by atoms with Gasteiger partial charge in [-0.25, -0.2) is 0 Å².